The Morgan fingerprint density at radius 3 is 2.28 bits per heavy atom. The number of hydrogen-bond donors (Lipinski definition) is 1. The highest BCUT2D eigenvalue weighted by Gasteiger charge is 2.45. The first kappa shape index (κ1) is 24.8. The predicted octanol–water partition coefficient (Wildman–Crippen LogP) is 4.26. The fourth-order valence-corrected chi connectivity index (χ4v) is 5.53. The van der Waals surface area contributed by atoms with E-state index in [0.29, 0.717) is 18.2 Å². The summed E-state index contributed by atoms with van der Waals surface area (Å²) in [6.45, 7) is 4.47. The lowest BCUT2D eigenvalue weighted by atomic mass is 9.76. The van der Waals surface area contributed by atoms with Crippen molar-refractivity contribution >= 4 is 36.4 Å². The standard InChI is InChI=1S/C24H28FN3O2.2ClH/c25-17-4-6-18(7-5-17)27-12-14-28(15-13-27)19-8-10-24(11-9-19)22-3-1-2-20(23(26)29)21(22)16-30-24;;/h1-7,19H,8-16H2,(H2,26,29);2*1H. The van der Waals surface area contributed by atoms with E-state index in [1.165, 1.54) is 17.7 Å². The van der Waals surface area contributed by atoms with E-state index in [1.54, 1.807) is 6.07 Å². The molecule has 5 nitrogen and oxygen atoms in total. The molecule has 1 saturated heterocycles. The van der Waals surface area contributed by atoms with Gasteiger partial charge < -0.3 is 15.4 Å². The van der Waals surface area contributed by atoms with Gasteiger partial charge in [0.15, 0.2) is 0 Å². The van der Waals surface area contributed by atoms with Crippen LogP contribution in [0.4, 0.5) is 10.1 Å². The fraction of sp³-hybridized carbons (Fsp3) is 0.458. The minimum absolute atomic E-state index is 0. The van der Waals surface area contributed by atoms with E-state index in [4.69, 9.17) is 10.5 Å². The molecule has 1 amide bonds. The molecule has 174 valence electrons. The van der Waals surface area contributed by atoms with Crippen LogP contribution in [-0.2, 0) is 16.9 Å². The molecule has 2 heterocycles. The Labute approximate surface area is 200 Å². The van der Waals surface area contributed by atoms with Crippen molar-refractivity contribution < 1.29 is 13.9 Å². The average Bonchev–Trinajstić information content (AvgIpc) is 3.13. The zero-order chi connectivity index (χ0) is 20.7. The smallest absolute Gasteiger partial charge is 0.249 e. The van der Waals surface area contributed by atoms with Crippen LogP contribution in [0.15, 0.2) is 42.5 Å². The third kappa shape index (κ3) is 4.46. The second kappa shape index (κ2) is 9.96. The Balaban J connectivity index is 0.00000144. The van der Waals surface area contributed by atoms with Crippen LogP contribution in [0.1, 0.15) is 47.2 Å². The van der Waals surface area contributed by atoms with E-state index in [2.05, 4.69) is 15.9 Å². The highest BCUT2D eigenvalue weighted by Crippen LogP contribution is 2.48. The molecule has 1 spiro atoms. The molecule has 0 radical (unpaired) electrons. The topological polar surface area (TPSA) is 58.8 Å². The third-order valence-electron chi connectivity index (χ3n) is 7.21. The molecule has 1 aliphatic carbocycles. The third-order valence-corrected chi connectivity index (χ3v) is 7.21. The number of ether oxygens (including phenoxy) is 1. The first-order chi connectivity index (χ1) is 14.6. The number of nitrogens with zero attached hydrogens (tertiary/aromatic N) is 2. The van der Waals surface area contributed by atoms with Crippen molar-refractivity contribution in [2.24, 2.45) is 5.73 Å². The minimum atomic E-state index is -0.375. The van der Waals surface area contributed by atoms with Gasteiger partial charge in [0.1, 0.15) is 5.82 Å². The van der Waals surface area contributed by atoms with Crippen LogP contribution in [0, 0.1) is 5.82 Å². The summed E-state index contributed by atoms with van der Waals surface area (Å²) in [6.07, 6.45) is 4.14. The van der Waals surface area contributed by atoms with Crippen LogP contribution >= 0.6 is 24.8 Å². The Morgan fingerprint density at radius 2 is 1.66 bits per heavy atom. The van der Waals surface area contributed by atoms with Crippen molar-refractivity contribution in [1.82, 2.24) is 4.90 Å². The summed E-state index contributed by atoms with van der Waals surface area (Å²) in [5.41, 5.74) is 9.15. The van der Waals surface area contributed by atoms with Crippen molar-refractivity contribution in [3.8, 4) is 0 Å². The number of benzene rings is 2. The number of primary amides is 1. The van der Waals surface area contributed by atoms with Gasteiger partial charge in [0, 0.05) is 43.5 Å². The molecular weight excluding hydrogens is 452 g/mol. The van der Waals surface area contributed by atoms with Crippen LogP contribution in [-0.4, -0.2) is 43.0 Å². The van der Waals surface area contributed by atoms with Gasteiger partial charge in [-0.2, -0.15) is 0 Å². The van der Waals surface area contributed by atoms with E-state index in [9.17, 15) is 9.18 Å². The number of carbonyl (C=O) groups excluding carboxylic acids is 1. The zero-order valence-electron chi connectivity index (χ0n) is 18.0. The summed E-state index contributed by atoms with van der Waals surface area (Å²) in [4.78, 5) is 16.7. The molecule has 2 fully saturated rings. The van der Waals surface area contributed by atoms with E-state index in [-0.39, 0.29) is 42.1 Å². The number of nitrogens with two attached hydrogens (primary N) is 1. The van der Waals surface area contributed by atoms with Gasteiger partial charge >= 0.3 is 0 Å². The quantitative estimate of drug-likeness (QED) is 0.711. The molecule has 2 aliphatic heterocycles. The summed E-state index contributed by atoms with van der Waals surface area (Å²) in [6, 6.07) is 13.2. The second-order valence-corrected chi connectivity index (χ2v) is 8.71. The maximum absolute atomic E-state index is 13.2. The molecule has 0 atom stereocenters. The number of piperazine rings is 1. The van der Waals surface area contributed by atoms with Gasteiger partial charge in [-0.1, -0.05) is 12.1 Å². The number of fused-ring (bicyclic) bond motifs is 2. The summed E-state index contributed by atoms with van der Waals surface area (Å²) in [7, 11) is 0. The van der Waals surface area contributed by atoms with Crippen LogP contribution in [0.25, 0.3) is 0 Å². The van der Waals surface area contributed by atoms with Crippen molar-refractivity contribution in [3.05, 3.63) is 65.0 Å². The largest absolute Gasteiger partial charge is 0.369 e. The summed E-state index contributed by atoms with van der Waals surface area (Å²) >= 11 is 0. The van der Waals surface area contributed by atoms with Gasteiger partial charge in [-0.05, 0) is 67.1 Å². The lowest BCUT2D eigenvalue weighted by Crippen LogP contribution is -2.52. The average molecular weight is 482 g/mol. The summed E-state index contributed by atoms with van der Waals surface area (Å²) in [5, 5.41) is 0. The van der Waals surface area contributed by atoms with Gasteiger partial charge in [-0.25, -0.2) is 4.39 Å². The normalized spacial score (nSPS) is 25.0. The van der Waals surface area contributed by atoms with Gasteiger partial charge in [0.25, 0.3) is 0 Å². The molecule has 32 heavy (non-hydrogen) atoms. The maximum Gasteiger partial charge on any atom is 0.249 e. The maximum atomic E-state index is 13.2. The molecule has 2 N–H and O–H groups in total. The van der Waals surface area contributed by atoms with Crippen molar-refractivity contribution in [1.29, 1.82) is 0 Å². The molecule has 2 aromatic carbocycles. The Bertz CT molecular complexity index is 941. The molecule has 0 unspecified atom stereocenters. The highest BCUT2D eigenvalue weighted by atomic mass is 35.5. The molecule has 8 heteroatoms. The van der Waals surface area contributed by atoms with Crippen LogP contribution < -0.4 is 10.6 Å². The number of hydrogen-bond acceptors (Lipinski definition) is 4. The van der Waals surface area contributed by atoms with E-state index in [1.807, 2.05) is 18.2 Å². The SMILES string of the molecule is Cl.Cl.NC(=O)c1cccc2c1COC21CCC(N2CCN(c3ccc(F)cc3)CC2)CC1. The fourth-order valence-electron chi connectivity index (χ4n) is 5.53. The van der Waals surface area contributed by atoms with E-state index in [0.717, 1.165) is 63.1 Å². The predicted molar refractivity (Wildman–Crippen MR) is 128 cm³/mol. The van der Waals surface area contributed by atoms with E-state index >= 15 is 0 Å². The first-order valence-corrected chi connectivity index (χ1v) is 10.9. The molecule has 5 rings (SSSR count). The van der Waals surface area contributed by atoms with Crippen molar-refractivity contribution in [2.45, 2.75) is 43.9 Å². The summed E-state index contributed by atoms with van der Waals surface area (Å²) in [5.74, 6) is -0.563. The number of rotatable bonds is 3. The number of amides is 1. The highest BCUT2D eigenvalue weighted by molar-refractivity contribution is 5.94. The van der Waals surface area contributed by atoms with Crippen LogP contribution in [0.2, 0.25) is 0 Å². The second-order valence-electron chi connectivity index (χ2n) is 8.71. The molecular formula is C24H30Cl2FN3O2. The zero-order valence-corrected chi connectivity index (χ0v) is 19.6. The molecule has 1 saturated carbocycles. The van der Waals surface area contributed by atoms with Gasteiger partial charge in [0.2, 0.25) is 5.91 Å². The number of anilines is 1. The lowest BCUT2D eigenvalue weighted by molar-refractivity contribution is -0.0777. The van der Waals surface area contributed by atoms with Crippen molar-refractivity contribution in [2.75, 3.05) is 31.1 Å². The van der Waals surface area contributed by atoms with Crippen LogP contribution in [0.5, 0.6) is 0 Å². The van der Waals surface area contributed by atoms with Gasteiger partial charge in [-0.15, -0.1) is 24.8 Å². The van der Waals surface area contributed by atoms with E-state index < -0.39 is 0 Å². The Morgan fingerprint density at radius 1 is 1.00 bits per heavy atom. The van der Waals surface area contributed by atoms with Crippen LogP contribution in [0.3, 0.4) is 0 Å². The monoisotopic (exact) mass is 481 g/mol. The first-order valence-electron chi connectivity index (χ1n) is 10.9. The lowest BCUT2D eigenvalue weighted by Gasteiger charge is -2.45. The molecule has 3 aliphatic rings. The Kier molecular flexibility index (Phi) is 7.71. The molecule has 2 aromatic rings. The van der Waals surface area contributed by atoms with Crippen molar-refractivity contribution in [3.63, 3.8) is 0 Å². The number of halogens is 3. The van der Waals surface area contributed by atoms with Gasteiger partial charge in [0.05, 0.1) is 12.2 Å². The van der Waals surface area contributed by atoms with Gasteiger partial charge in [-0.3, -0.25) is 9.69 Å². The molecule has 0 aromatic heterocycles. The number of carbonyl (C=O) groups is 1. The Hall–Kier alpha value is -1.86. The minimum Gasteiger partial charge on any atom is -0.369 e. The summed E-state index contributed by atoms with van der Waals surface area (Å²) < 4.78 is 19.5. The molecule has 0 bridgehead atoms.